The Bertz CT molecular complexity index is 280. The van der Waals surface area contributed by atoms with Crippen molar-refractivity contribution in [2.75, 3.05) is 13.2 Å². The van der Waals surface area contributed by atoms with Crippen molar-refractivity contribution in [2.45, 2.75) is 44.0 Å². The van der Waals surface area contributed by atoms with E-state index in [2.05, 4.69) is 9.47 Å². The molecule has 0 heterocycles. The summed E-state index contributed by atoms with van der Waals surface area (Å²) in [5, 5.41) is 0. The van der Waals surface area contributed by atoms with Crippen LogP contribution in [0.5, 0.6) is 0 Å². The number of hydrogen-bond donors (Lipinski definition) is 1. The summed E-state index contributed by atoms with van der Waals surface area (Å²) in [4.78, 5) is 0. The van der Waals surface area contributed by atoms with E-state index in [4.69, 9.17) is 5.73 Å². The van der Waals surface area contributed by atoms with Crippen LogP contribution < -0.4 is 5.73 Å². The Morgan fingerprint density at radius 1 is 0.947 bits per heavy atom. The summed E-state index contributed by atoms with van der Waals surface area (Å²) in [6.45, 7) is -1.39. The minimum Gasteiger partial charge on any atom is -0.369 e. The van der Waals surface area contributed by atoms with E-state index in [1.807, 2.05) is 0 Å². The highest BCUT2D eigenvalue weighted by atomic mass is 19.4. The normalized spacial score (nSPS) is 29.5. The molecule has 1 saturated carbocycles. The van der Waals surface area contributed by atoms with E-state index in [0.717, 1.165) is 0 Å². The van der Waals surface area contributed by atoms with Gasteiger partial charge < -0.3 is 10.5 Å². The lowest BCUT2D eigenvalue weighted by atomic mass is 9.85. The van der Waals surface area contributed by atoms with Gasteiger partial charge in [0.15, 0.2) is 0 Å². The Morgan fingerprint density at radius 2 is 1.53 bits per heavy atom. The van der Waals surface area contributed by atoms with Gasteiger partial charge in [-0.1, -0.05) is 0 Å². The third kappa shape index (κ3) is 6.98. The third-order valence-corrected chi connectivity index (χ3v) is 2.83. The van der Waals surface area contributed by atoms with E-state index >= 15 is 0 Å². The van der Waals surface area contributed by atoms with Crippen LogP contribution in [-0.4, -0.2) is 37.9 Å². The molecule has 1 rings (SSSR count). The Labute approximate surface area is 106 Å². The maximum absolute atomic E-state index is 12.1. The molecule has 1 aliphatic carbocycles. The lowest BCUT2D eigenvalue weighted by Crippen LogP contribution is -2.39. The summed E-state index contributed by atoms with van der Waals surface area (Å²) in [7, 11) is 0. The number of nitrogens with two attached hydrogens (primary N) is 1. The van der Waals surface area contributed by atoms with Gasteiger partial charge >= 0.3 is 12.5 Å². The monoisotopic (exact) mass is 295 g/mol. The number of hydrogen-bond acceptors (Lipinski definition) is 3. The van der Waals surface area contributed by atoms with Crippen molar-refractivity contribution in [3.63, 3.8) is 0 Å². The van der Waals surface area contributed by atoms with Gasteiger partial charge in [-0.2, -0.15) is 13.2 Å². The second kappa shape index (κ2) is 6.27. The molecule has 3 nitrogen and oxygen atoms in total. The summed E-state index contributed by atoms with van der Waals surface area (Å²) >= 11 is 0. The second-order valence-corrected chi connectivity index (χ2v) is 4.54. The second-order valence-electron chi connectivity index (χ2n) is 4.54. The molecule has 0 amide bonds. The highest BCUT2D eigenvalue weighted by molar-refractivity contribution is 4.81. The lowest BCUT2D eigenvalue weighted by molar-refractivity contribution is -0.349. The molecule has 0 aromatic carbocycles. The fourth-order valence-electron chi connectivity index (χ4n) is 2.15. The van der Waals surface area contributed by atoms with Crippen LogP contribution in [0.4, 0.5) is 26.3 Å². The van der Waals surface area contributed by atoms with Crippen LogP contribution in [0.15, 0.2) is 0 Å². The van der Waals surface area contributed by atoms with Gasteiger partial charge in [-0.05, 0) is 25.3 Å². The van der Waals surface area contributed by atoms with Crippen LogP contribution in [0.1, 0.15) is 19.3 Å². The van der Waals surface area contributed by atoms with Crippen LogP contribution in [0.2, 0.25) is 0 Å². The molecule has 0 bridgehead atoms. The maximum Gasteiger partial charge on any atom is 0.522 e. The number of rotatable bonds is 4. The average Bonchev–Trinajstić information content (AvgIpc) is 2.22. The van der Waals surface area contributed by atoms with Gasteiger partial charge in [-0.3, -0.25) is 4.74 Å². The van der Waals surface area contributed by atoms with Crippen LogP contribution >= 0.6 is 0 Å². The van der Waals surface area contributed by atoms with Gasteiger partial charge in [-0.25, -0.2) is 0 Å². The summed E-state index contributed by atoms with van der Waals surface area (Å²) in [6.07, 6.45) is -11.4. The first-order chi connectivity index (χ1) is 8.59. The Hall–Kier alpha value is -0.540. The predicted molar refractivity (Wildman–Crippen MR) is 53.1 cm³/mol. The molecular weight excluding hydrogens is 280 g/mol. The fourth-order valence-corrected chi connectivity index (χ4v) is 2.15. The molecule has 1 aliphatic rings. The molecule has 0 spiro atoms. The smallest absolute Gasteiger partial charge is 0.369 e. The van der Waals surface area contributed by atoms with E-state index in [9.17, 15) is 26.3 Å². The van der Waals surface area contributed by atoms with E-state index < -0.39 is 31.4 Å². The molecule has 9 heteroatoms. The van der Waals surface area contributed by atoms with E-state index in [1.165, 1.54) is 0 Å². The van der Waals surface area contributed by atoms with Gasteiger partial charge in [-0.15, -0.1) is 13.2 Å². The van der Waals surface area contributed by atoms with Crippen molar-refractivity contribution in [1.82, 2.24) is 0 Å². The zero-order valence-corrected chi connectivity index (χ0v) is 9.93. The SMILES string of the molecule is NCC1CC(OCC(F)(F)F)CC(OC(F)(F)F)C1. The molecule has 0 aromatic heterocycles. The third-order valence-electron chi connectivity index (χ3n) is 2.83. The van der Waals surface area contributed by atoms with Gasteiger partial charge in [0.05, 0.1) is 12.2 Å². The van der Waals surface area contributed by atoms with Gasteiger partial charge in [0.25, 0.3) is 0 Å². The van der Waals surface area contributed by atoms with Gasteiger partial charge in [0.1, 0.15) is 6.61 Å². The summed E-state index contributed by atoms with van der Waals surface area (Å²) in [5.74, 6) is -0.334. The molecular formula is C10H15F6NO2. The average molecular weight is 295 g/mol. The number of alkyl halides is 6. The first kappa shape index (κ1) is 16.5. The van der Waals surface area contributed by atoms with Crippen molar-refractivity contribution in [3.8, 4) is 0 Å². The predicted octanol–water partition coefficient (Wildman–Crippen LogP) is 2.60. The van der Waals surface area contributed by atoms with E-state index in [-0.39, 0.29) is 31.7 Å². The van der Waals surface area contributed by atoms with Gasteiger partial charge in [0, 0.05) is 6.42 Å². The van der Waals surface area contributed by atoms with Gasteiger partial charge in [0.2, 0.25) is 0 Å². The molecule has 0 aliphatic heterocycles. The maximum atomic E-state index is 12.1. The minimum atomic E-state index is -4.81. The zero-order chi connectivity index (χ0) is 14.7. The van der Waals surface area contributed by atoms with Crippen molar-refractivity contribution in [1.29, 1.82) is 0 Å². The Balaban J connectivity index is 2.52. The number of ether oxygens (including phenoxy) is 2. The van der Waals surface area contributed by atoms with Crippen LogP contribution in [0.25, 0.3) is 0 Å². The molecule has 0 radical (unpaired) electrons. The summed E-state index contributed by atoms with van der Waals surface area (Å²) < 4.78 is 80.7. The van der Waals surface area contributed by atoms with Crippen LogP contribution in [-0.2, 0) is 9.47 Å². The molecule has 114 valence electrons. The largest absolute Gasteiger partial charge is 0.522 e. The lowest BCUT2D eigenvalue weighted by Gasteiger charge is -2.34. The van der Waals surface area contributed by atoms with E-state index in [0.29, 0.717) is 0 Å². The van der Waals surface area contributed by atoms with Crippen molar-refractivity contribution in [3.05, 3.63) is 0 Å². The van der Waals surface area contributed by atoms with Crippen LogP contribution in [0.3, 0.4) is 0 Å². The van der Waals surface area contributed by atoms with Crippen molar-refractivity contribution < 1.29 is 35.8 Å². The fraction of sp³-hybridized carbons (Fsp3) is 1.00. The molecule has 2 N–H and O–H groups in total. The first-order valence-corrected chi connectivity index (χ1v) is 5.72. The molecule has 3 atom stereocenters. The highest BCUT2D eigenvalue weighted by Gasteiger charge is 2.39. The van der Waals surface area contributed by atoms with Crippen molar-refractivity contribution >= 4 is 0 Å². The summed E-state index contributed by atoms with van der Waals surface area (Å²) in [5.41, 5.74) is 5.36. The zero-order valence-electron chi connectivity index (χ0n) is 9.93. The molecule has 0 saturated heterocycles. The molecule has 19 heavy (non-hydrogen) atoms. The number of halogens is 6. The Kier molecular flexibility index (Phi) is 5.45. The van der Waals surface area contributed by atoms with Crippen molar-refractivity contribution in [2.24, 2.45) is 11.7 Å². The quantitative estimate of drug-likeness (QED) is 0.811. The molecule has 3 unspecified atom stereocenters. The standard InChI is InChI=1S/C10H15F6NO2/c11-9(12,13)5-18-7-1-6(4-17)2-8(3-7)19-10(14,15)16/h6-8H,1-5,17H2. The van der Waals surface area contributed by atoms with E-state index in [1.54, 1.807) is 0 Å². The Morgan fingerprint density at radius 3 is 2.00 bits per heavy atom. The summed E-state index contributed by atoms with van der Waals surface area (Å²) in [6, 6.07) is 0. The first-order valence-electron chi connectivity index (χ1n) is 5.72. The minimum absolute atomic E-state index is 0.0713. The molecule has 0 aromatic rings. The molecule has 1 fully saturated rings. The highest BCUT2D eigenvalue weighted by Crippen LogP contribution is 2.33. The topological polar surface area (TPSA) is 44.5 Å². The van der Waals surface area contributed by atoms with Crippen LogP contribution in [0, 0.1) is 5.92 Å².